The summed E-state index contributed by atoms with van der Waals surface area (Å²) in [6, 6.07) is 22.3. The summed E-state index contributed by atoms with van der Waals surface area (Å²) in [4.78, 5) is 13.7. The van der Waals surface area contributed by atoms with Crippen LogP contribution in [0.3, 0.4) is 0 Å². The number of phenols is 1. The van der Waals surface area contributed by atoms with Crippen molar-refractivity contribution in [1.82, 2.24) is 14.8 Å². The van der Waals surface area contributed by atoms with Gasteiger partial charge in [-0.2, -0.15) is 0 Å². The molecule has 3 aromatic carbocycles. The predicted molar refractivity (Wildman–Crippen MR) is 150 cm³/mol. The molecule has 0 amide bonds. The number of para-hydroxylation sites is 1. The monoisotopic (exact) mass is 575 g/mol. The van der Waals surface area contributed by atoms with Gasteiger partial charge in [0.25, 0.3) is 0 Å². The molecule has 6 aromatic rings. The molecule has 3 aromatic heterocycles. The highest BCUT2D eigenvalue weighted by Crippen LogP contribution is 2.45. The summed E-state index contributed by atoms with van der Waals surface area (Å²) >= 11 is 8.59. The van der Waals surface area contributed by atoms with E-state index in [0.717, 1.165) is 10.9 Å². The summed E-state index contributed by atoms with van der Waals surface area (Å²) in [5.41, 5.74) is 1.87. The fraction of sp³-hybridized carbons (Fsp3) is 0.0357. The standard InChI is InChI=1S/C28H18ClN3O5S2/c29-18-10-8-15(9-11-18)14-38-28-31-30-27(39-28)32-23(17-5-3-6-19(33)12-17)22(25(35)26(32)36)24(34)21-13-16-4-1-2-7-20(16)37-21/h1-13,33,35-36H,14H2. The van der Waals surface area contributed by atoms with Crippen LogP contribution >= 0.6 is 34.7 Å². The zero-order chi connectivity index (χ0) is 27.1. The molecule has 0 spiro atoms. The van der Waals surface area contributed by atoms with E-state index in [9.17, 15) is 20.1 Å². The Morgan fingerprint density at radius 1 is 0.974 bits per heavy atom. The minimum atomic E-state index is -0.641. The maximum atomic E-state index is 13.7. The summed E-state index contributed by atoms with van der Waals surface area (Å²) in [6.07, 6.45) is 0. The minimum absolute atomic E-state index is 0.0125. The van der Waals surface area contributed by atoms with Crippen molar-refractivity contribution in [1.29, 1.82) is 0 Å². The maximum absolute atomic E-state index is 13.7. The van der Waals surface area contributed by atoms with Crippen LogP contribution in [0.15, 0.2) is 87.6 Å². The van der Waals surface area contributed by atoms with Gasteiger partial charge in [0, 0.05) is 21.7 Å². The average Bonchev–Trinajstić information content (AvgIpc) is 3.64. The molecule has 0 aliphatic heterocycles. The van der Waals surface area contributed by atoms with E-state index < -0.39 is 17.4 Å². The van der Waals surface area contributed by atoms with Crippen LogP contribution in [0.4, 0.5) is 0 Å². The van der Waals surface area contributed by atoms with Gasteiger partial charge in [0.15, 0.2) is 15.8 Å². The summed E-state index contributed by atoms with van der Waals surface area (Å²) in [7, 11) is 0. The van der Waals surface area contributed by atoms with E-state index in [0.29, 0.717) is 26.3 Å². The first kappa shape index (κ1) is 25.1. The molecular weight excluding hydrogens is 558 g/mol. The van der Waals surface area contributed by atoms with Crippen molar-refractivity contribution < 1.29 is 24.5 Å². The van der Waals surface area contributed by atoms with Gasteiger partial charge in [0.05, 0.1) is 11.3 Å². The zero-order valence-electron chi connectivity index (χ0n) is 19.9. The van der Waals surface area contributed by atoms with Gasteiger partial charge in [-0.25, -0.2) is 0 Å². The van der Waals surface area contributed by atoms with E-state index in [1.54, 1.807) is 36.4 Å². The second kappa shape index (κ2) is 10.1. The number of phenolic OH excluding ortho intramolecular Hbond substituents is 1. The SMILES string of the molecule is O=C(c1cc2ccccc2o1)c1c(O)c(O)n(-c2nnc(SCc3ccc(Cl)cc3)s2)c1-c1cccc(O)c1. The molecule has 8 nitrogen and oxygen atoms in total. The molecular formula is C28H18ClN3O5S2. The van der Waals surface area contributed by atoms with E-state index in [1.807, 2.05) is 30.3 Å². The van der Waals surface area contributed by atoms with Gasteiger partial charge in [0.2, 0.25) is 16.8 Å². The zero-order valence-corrected chi connectivity index (χ0v) is 22.3. The number of hydrogen-bond donors (Lipinski definition) is 3. The van der Waals surface area contributed by atoms with Gasteiger partial charge < -0.3 is 19.7 Å². The van der Waals surface area contributed by atoms with Gasteiger partial charge in [-0.3, -0.25) is 9.36 Å². The van der Waals surface area contributed by atoms with Crippen molar-refractivity contribution in [3.63, 3.8) is 0 Å². The van der Waals surface area contributed by atoms with E-state index >= 15 is 0 Å². The Bertz CT molecular complexity index is 1810. The number of halogens is 1. The molecule has 39 heavy (non-hydrogen) atoms. The lowest BCUT2D eigenvalue weighted by atomic mass is 10.0. The van der Waals surface area contributed by atoms with Crippen molar-refractivity contribution in [2.45, 2.75) is 10.1 Å². The smallest absolute Gasteiger partial charge is 0.242 e. The first-order valence-electron chi connectivity index (χ1n) is 11.6. The molecule has 11 heteroatoms. The Morgan fingerprint density at radius 2 is 1.77 bits per heavy atom. The highest BCUT2D eigenvalue weighted by molar-refractivity contribution is 8.00. The molecule has 3 heterocycles. The maximum Gasteiger partial charge on any atom is 0.242 e. The van der Waals surface area contributed by atoms with E-state index in [-0.39, 0.29) is 27.9 Å². The van der Waals surface area contributed by atoms with Gasteiger partial charge in [-0.15, -0.1) is 10.2 Å². The number of benzene rings is 3. The quantitative estimate of drug-likeness (QED) is 0.137. The molecule has 0 aliphatic rings. The first-order chi connectivity index (χ1) is 18.9. The molecule has 0 unspecified atom stereocenters. The lowest BCUT2D eigenvalue weighted by Gasteiger charge is -2.09. The number of aromatic nitrogens is 3. The third-order valence-electron chi connectivity index (χ3n) is 5.98. The lowest BCUT2D eigenvalue weighted by molar-refractivity contribution is 0.101. The number of hydrogen-bond acceptors (Lipinski definition) is 9. The van der Waals surface area contributed by atoms with Crippen LogP contribution in [0.25, 0.3) is 27.4 Å². The van der Waals surface area contributed by atoms with Crippen LogP contribution in [-0.2, 0) is 5.75 Å². The van der Waals surface area contributed by atoms with Crippen LogP contribution < -0.4 is 0 Å². The highest BCUT2D eigenvalue weighted by atomic mass is 35.5. The summed E-state index contributed by atoms with van der Waals surface area (Å²) < 4.78 is 7.62. The number of carbonyl (C=O) groups is 1. The Hall–Kier alpha value is -4.25. The molecule has 0 fully saturated rings. The number of nitrogens with zero attached hydrogens (tertiary/aromatic N) is 3. The topological polar surface area (TPSA) is 122 Å². The fourth-order valence-corrected chi connectivity index (χ4v) is 6.10. The van der Waals surface area contributed by atoms with Crippen molar-refractivity contribution in [3.8, 4) is 33.8 Å². The third-order valence-corrected chi connectivity index (χ3v) is 8.34. The summed E-state index contributed by atoms with van der Waals surface area (Å²) in [5, 5.41) is 42.3. The van der Waals surface area contributed by atoms with Crippen LogP contribution in [0.5, 0.6) is 17.4 Å². The molecule has 0 saturated carbocycles. The van der Waals surface area contributed by atoms with Crippen molar-refractivity contribution in [3.05, 3.63) is 101 Å². The van der Waals surface area contributed by atoms with E-state index in [4.69, 9.17) is 16.0 Å². The number of aromatic hydroxyl groups is 3. The van der Waals surface area contributed by atoms with E-state index in [1.165, 1.54) is 39.8 Å². The van der Waals surface area contributed by atoms with Gasteiger partial charge in [-0.05, 0) is 42.0 Å². The largest absolute Gasteiger partial charge is 0.508 e. The number of furan rings is 1. The molecule has 0 aliphatic carbocycles. The minimum Gasteiger partial charge on any atom is -0.508 e. The van der Waals surface area contributed by atoms with Crippen molar-refractivity contribution in [2.75, 3.05) is 0 Å². The number of rotatable bonds is 7. The normalized spacial score (nSPS) is 11.3. The van der Waals surface area contributed by atoms with Gasteiger partial charge in [0.1, 0.15) is 11.3 Å². The first-order valence-corrected chi connectivity index (χ1v) is 13.8. The Balaban J connectivity index is 1.44. The van der Waals surface area contributed by atoms with E-state index in [2.05, 4.69) is 10.2 Å². The van der Waals surface area contributed by atoms with Crippen molar-refractivity contribution in [2.24, 2.45) is 0 Å². The summed E-state index contributed by atoms with van der Waals surface area (Å²) in [6.45, 7) is 0. The molecule has 194 valence electrons. The average molecular weight is 576 g/mol. The Morgan fingerprint density at radius 3 is 2.54 bits per heavy atom. The van der Waals surface area contributed by atoms with Gasteiger partial charge in [-0.1, -0.05) is 77.2 Å². The molecule has 3 N–H and O–H groups in total. The molecule has 6 rings (SSSR count). The van der Waals surface area contributed by atoms with Gasteiger partial charge >= 0.3 is 0 Å². The van der Waals surface area contributed by atoms with Crippen molar-refractivity contribution >= 4 is 51.5 Å². The second-order valence-electron chi connectivity index (χ2n) is 8.52. The number of ketones is 1. The highest BCUT2D eigenvalue weighted by Gasteiger charge is 2.32. The second-order valence-corrected chi connectivity index (χ2v) is 11.1. The van der Waals surface area contributed by atoms with Crippen LogP contribution in [0.1, 0.15) is 21.7 Å². The number of carbonyl (C=O) groups excluding carboxylic acids is 1. The summed E-state index contributed by atoms with van der Waals surface area (Å²) in [5.74, 6) is -1.32. The number of thioether (sulfide) groups is 1. The Labute approximate surface area is 234 Å². The lowest BCUT2D eigenvalue weighted by Crippen LogP contribution is -2.04. The molecule has 0 atom stereocenters. The molecule has 0 bridgehead atoms. The van der Waals surface area contributed by atoms with Crippen LogP contribution in [0, 0.1) is 0 Å². The van der Waals surface area contributed by atoms with Crippen LogP contribution in [-0.4, -0.2) is 35.9 Å². The fourth-order valence-electron chi connectivity index (χ4n) is 4.17. The molecule has 0 radical (unpaired) electrons. The predicted octanol–water partition coefficient (Wildman–Crippen LogP) is 7.04. The van der Waals surface area contributed by atoms with Crippen LogP contribution in [0.2, 0.25) is 5.02 Å². The molecule has 0 saturated heterocycles. The Kier molecular flexibility index (Phi) is 6.51. The number of fused-ring (bicyclic) bond motifs is 1. The third kappa shape index (κ3) is 4.74.